The number of nitrogens with one attached hydrogen (secondary N) is 1. The Morgan fingerprint density at radius 2 is 1.46 bits per heavy atom. The minimum absolute atomic E-state index is 0.837. The Bertz CT molecular complexity index is 153. The van der Waals surface area contributed by atoms with Crippen molar-refractivity contribution in [1.82, 2.24) is 5.32 Å². The summed E-state index contributed by atoms with van der Waals surface area (Å²) in [5.74, 6) is 1.89. The van der Waals surface area contributed by atoms with Crippen LogP contribution < -0.4 is 5.32 Å². The lowest BCUT2D eigenvalue weighted by molar-refractivity contribution is 0.200. The Morgan fingerprint density at radius 1 is 0.846 bits per heavy atom. The average molecular weight is 181 g/mol. The van der Waals surface area contributed by atoms with Crippen molar-refractivity contribution in [3.05, 3.63) is 0 Å². The molecule has 0 heterocycles. The van der Waals surface area contributed by atoms with E-state index < -0.39 is 0 Å². The van der Waals surface area contributed by atoms with Gasteiger partial charge in [-0.05, 0) is 43.9 Å². The van der Waals surface area contributed by atoms with Crippen molar-refractivity contribution in [3.8, 4) is 0 Å². The van der Waals surface area contributed by atoms with E-state index in [-0.39, 0.29) is 0 Å². The highest BCUT2D eigenvalue weighted by Crippen LogP contribution is 2.30. The molecule has 2 unspecified atom stereocenters. The molecule has 0 bridgehead atoms. The third-order valence-electron chi connectivity index (χ3n) is 3.76. The normalized spacial score (nSPS) is 41.5. The molecule has 0 aromatic heterocycles. The van der Waals surface area contributed by atoms with Crippen LogP contribution in [0.1, 0.15) is 52.4 Å². The highest BCUT2D eigenvalue weighted by atomic mass is 15.0. The van der Waals surface area contributed by atoms with E-state index in [1.165, 1.54) is 38.5 Å². The Morgan fingerprint density at radius 3 is 1.92 bits per heavy atom. The molecule has 2 fully saturated rings. The van der Waals surface area contributed by atoms with E-state index in [4.69, 9.17) is 0 Å². The molecule has 1 N–H and O–H groups in total. The summed E-state index contributed by atoms with van der Waals surface area (Å²) in [6.45, 7) is 4.82. The van der Waals surface area contributed by atoms with Gasteiger partial charge in [-0.1, -0.05) is 20.3 Å². The first kappa shape index (κ1) is 9.51. The van der Waals surface area contributed by atoms with Gasteiger partial charge < -0.3 is 5.32 Å². The van der Waals surface area contributed by atoms with E-state index >= 15 is 0 Å². The molecular formula is C12H23N. The highest BCUT2D eigenvalue weighted by molar-refractivity contribution is 4.85. The summed E-state index contributed by atoms with van der Waals surface area (Å²) < 4.78 is 0. The van der Waals surface area contributed by atoms with Crippen LogP contribution in [0.15, 0.2) is 0 Å². The summed E-state index contributed by atoms with van der Waals surface area (Å²) >= 11 is 0. The second-order valence-electron chi connectivity index (χ2n) is 5.41. The van der Waals surface area contributed by atoms with Gasteiger partial charge in [-0.25, -0.2) is 0 Å². The molecular weight excluding hydrogens is 158 g/mol. The van der Waals surface area contributed by atoms with Gasteiger partial charge in [0.05, 0.1) is 0 Å². The number of hydrogen-bond donors (Lipinski definition) is 1. The fourth-order valence-corrected chi connectivity index (χ4v) is 2.99. The zero-order chi connectivity index (χ0) is 9.26. The zero-order valence-electron chi connectivity index (χ0n) is 9.05. The first-order valence-corrected chi connectivity index (χ1v) is 6.00. The average Bonchev–Trinajstić information content (AvgIpc) is 1.95. The van der Waals surface area contributed by atoms with Gasteiger partial charge in [0.2, 0.25) is 0 Å². The van der Waals surface area contributed by atoms with Crippen molar-refractivity contribution in [2.24, 2.45) is 11.8 Å². The Hall–Kier alpha value is -0.0400. The second-order valence-corrected chi connectivity index (χ2v) is 5.41. The molecule has 1 nitrogen and oxygen atoms in total. The molecule has 0 aromatic rings. The van der Waals surface area contributed by atoms with Crippen LogP contribution in [0.5, 0.6) is 0 Å². The van der Waals surface area contributed by atoms with Crippen LogP contribution in [0.4, 0.5) is 0 Å². The van der Waals surface area contributed by atoms with Crippen LogP contribution in [0.2, 0.25) is 0 Å². The minimum Gasteiger partial charge on any atom is -0.311 e. The van der Waals surface area contributed by atoms with E-state index in [1.807, 2.05) is 0 Å². The fourth-order valence-electron chi connectivity index (χ4n) is 2.99. The van der Waals surface area contributed by atoms with Gasteiger partial charge in [-0.2, -0.15) is 0 Å². The Balaban J connectivity index is 1.77. The monoisotopic (exact) mass is 181 g/mol. The number of hydrogen-bond acceptors (Lipinski definition) is 1. The third-order valence-corrected chi connectivity index (χ3v) is 3.76. The van der Waals surface area contributed by atoms with Crippen LogP contribution >= 0.6 is 0 Å². The zero-order valence-corrected chi connectivity index (χ0v) is 9.05. The molecule has 2 saturated carbocycles. The molecule has 76 valence electrons. The quantitative estimate of drug-likeness (QED) is 0.690. The standard InChI is InChI=1S/C12H23N/c1-9-6-10(2)8-12(7-9)13-11-4-3-5-11/h9-13H,3-8H2,1-2H3. The largest absolute Gasteiger partial charge is 0.311 e. The van der Waals surface area contributed by atoms with Gasteiger partial charge in [0, 0.05) is 12.1 Å². The molecule has 0 radical (unpaired) electrons. The van der Waals surface area contributed by atoms with Crippen molar-refractivity contribution < 1.29 is 0 Å². The van der Waals surface area contributed by atoms with Gasteiger partial charge in [-0.15, -0.1) is 0 Å². The predicted octanol–water partition coefficient (Wildman–Crippen LogP) is 2.95. The fraction of sp³-hybridized carbons (Fsp3) is 1.00. The van der Waals surface area contributed by atoms with Gasteiger partial charge in [0.25, 0.3) is 0 Å². The van der Waals surface area contributed by atoms with Crippen LogP contribution in [0, 0.1) is 11.8 Å². The summed E-state index contributed by atoms with van der Waals surface area (Å²) in [5, 5.41) is 3.82. The van der Waals surface area contributed by atoms with Crippen LogP contribution in [-0.2, 0) is 0 Å². The second kappa shape index (κ2) is 4.00. The summed E-state index contributed by atoms with van der Waals surface area (Å²) in [7, 11) is 0. The summed E-state index contributed by atoms with van der Waals surface area (Å²) in [6.07, 6.45) is 8.60. The summed E-state index contributed by atoms with van der Waals surface area (Å²) in [4.78, 5) is 0. The lowest BCUT2D eigenvalue weighted by Crippen LogP contribution is -2.45. The molecule has 0 aromatic carbocycles. The molecule has 2 rings (SSSR count). The maximum atomic E-state index is 3.82. The third kappa shape index (κ3) is 2.46. The Kier molecular flexibility index (Phi) is 2.92. The van der Waals surface area contributed by atoms with Crippen LogP contribution in [0.25, 0.3) is 0 Å². The highest BCUT2D eigenvalue weighted by Gasteiger charge is 2.27. The molecule has 2 atom stereocenters. The smallest absolute Gasteiger partial charge is 0.00747 e. The van der Waals surface area contributed by atoms with E-state index in [0.29, 0.717) is 0 Å². The van der Waals surface area contributed by atoms with Crippen molar-refractivity contribution in [3.63, 3.8) is 0 Å². The Labute approximate surface area is 82.3 Å². The van der Waals surface area contributed by atoms with E-state index in [0.717, 1.165) is 23.9 Å². The minimum atomic E-state index is 0.837. The molecule has 0 saturated heterocycles. The number of rotatable bonds is 2. The van der Waals surface area contributed by atoms with Crippen molar-refractivity contribution in [2.75, 3.05) is 0 Å². The van der Waals surface area contributed by atoms with Gasteiger partial charge >= 0.3 is 0 Å². The van der Waals surface area contributed by atoms with E-state index in [2.05, 4.69) is 19.2 Å². The van der Waals surface area contributed by atoms with Crippen molar-refractivity contribution in [2.45, 2.75) is 64.5 Å². The maximum Gasteiger partial charge on any atom is 0.00747 e. The van der Waals surface area contributed by atoms with Crippen molar-refractivity contribution in [1.29, 1.82) is 0 Å². The molecule has 0 amide bonds. The molecule has 0 aliphatic heterocycles. The lowest BCUT2D eigenvalue weighted by atomic mass is 9.79. The lowest BCUT2D eigenvalue weighted by Gasteiger charge is -2.37. The van der Waals surface area contributed by atoms with Crippen molar-refractivity contribution >= 4 is 0 Å². The van der Waals surface area contributed by atoms with Gasteiger partial charge in [0.1, 0.15) is 0 Å². The molecule has 2 aliphatic carbocycles. The van der Waals surface area contributed by atoms with E-state index in [1.54, 1.807) is 0 Å². The SMILES string of the molecule is CC1CC(C)CC(NC2CCC2)C1. The summed E-state index contributed by atoms with van der Waals surface area (Å²) in [5.41, 5.74) is 0. The first-order chi connectivity index (χ1) is 6.24. The predicted molar refractivity (Wildman–Crippen MR) is 56.7 cm³/mol. The van der Waals surface area contributed by atoms with Crippen LogP contribution in [0.3, 0.4) is 0 Å². The summed E-state index contributed by atoms with van der Waals surface area (Å²) in [6, 6.07) is 1.71. The molecule has 1 heteroatoms. The molecule has 2 aliphatic rings. The van der Waals surface area contributed by atoms with Crippen LogP contribution in [-0.4, -0.2) is 12.1 Å². The maximum absolute atomic E-state index is 3.82. The molecule has 13 heavy (non-hydrogen) atoms. The molecule has 0 spiro atoms. The van der Waals surface area contributed by atoms with Gasteiger partial charge in [-0.3, -0.25) is 0 Å². The van der Waals surface area contributed by atoms with Gasteiger partial charge in [0.15, 0.2) is 0 Å². The topological polar surface area (TPSA) is 12.0 Å². The first-order valence-electron chi connectivity index (χ1n) is 6.00. The van der Waals surface area contributed by atoms with E-state index in [9.17, 15) is 0 Å².